The van der Waals surface area contributed by atoms with E-state index in [0.717, 1.165) is 29.9 Å². The number of carboxylic acid groups (broad SMARTS) is 1. The molecule has 0 saturated heterocycles. The van der Waals surface area contributed by atoms with Crippen LogP contribution in [0.2, 0.25) is 0 Å². The molecule has 1 aliphatic carbocycles. The van der Waals surface area contributed by atoms with E-state index in [1.807, 2.05) is 26.0 Å². The van der Waals surface area contributed by atoms with Gasteiger partial charge in [0.05, 0.1) is 0 Å². The van der Waals surface area contributed by atoms with Gasteiger partial charge < -0.3 is 15.2 Å². The summed E-state index contributed by atoms with van der Waals surface area (Å²) < 4.78 is 5.30. The van der Waals surface area contributed by atoms with Gasteiger partial charge in [0.2, 0.25) is 5.95 Å². The molecular weight excluding hydrogens is 322 g/mol. The van der Waals surface area contributed by atoms with Gasteiger partial charge in [0.1, 0.15) is 0 Å². The molecule has 3 N–H and O–H groups in total. The zero-order valence-electron chi connectivity index (χ0n) is 14.7. The molecule has 2 aromatic heterocycles. The van der Waals surface area contributed by atoms with Crippen LogP contribution in [0.15, 0.2) is 12.1 Å². The predicted molar refractivity (Wildman–Crippen MR) is 92.0 cm³/mol. The number of aryl methyl sites for hydroxylation is 2. The van der Waals surface area contributed by atoms with Crippen LogP contribution in [0.25, 0.3) is 0 Å². The Hall–Kier alpha value is -2.48. The molecule has 8 heteroatoms. The molecule has 1 saturated carbocycles. The van der Waals surface area contributed by atoms with Crippen LogP contribution in [-0.2, 0) is 9.53 Å². The summed E-state index contributed by atoms with van der Waals surface area (Å²) in [6, 6.07) is 3.85. The van der Waals surface area contributed by atoms with Gasteiger partial charge in [-0.1, -0.05) is 0 Å². The summed E-state index contributed by atoms with van der Waals surface area (Å²) in [5.41, 5.74) is 1.68. The van der Waals surface area contributed by atoms with E-state index in [2.05, 4.69) is 25.5 Å². The highest BCUT2D eigenvalue weighted by molar-refractivity contribution is 5.77. The van der Waals surface area contributed by atoms with Crippen LogP contribution in [0.3, 0.4) is 0 Å². The third-order valence-corrected chi connectivity index (χ3v) is 4.81. The number of carboxylic acids is 1. The van der Waals surface area contributed by atoms with Crippen LogP contribution in [0.4, 0.5) is 11.8 Å². The molecule has 0 aliphatic heterocycles. The van der Waals surface area contributed by atoms with Gasteiger partial charge in [-0.2, -0.15) is 5.10 Å². The number of carbonyl (C=O) groups is 1. The maximum absolute atomic E-state index is 11.5. The number of aliphatic carboxylic acids is 1. The Kier molecular flexibility index (Phi) is 4.71. The van der Waals surface area contributed by atoms with Gasteiger partial charge in [0.15, 0.2) is 11.4 Å². The second kappa shape index (κ2) is 6.79. The Morgan fingerprint density at radius 1 is 1.32 bits per heavy atom. The minimum absolute atomic E-state index is 0.200. The predicted octanol–water partition coefficient (Wildman–Crippen LogP) is 2.69. The Labute approximate surface area is 146 Å². The fraction of sp³-hybridized carbons (Fsp3) is 0.529. The third kappa shape index (κ3) is 3.63. The number of anilines is 2. The van der Waals surface area contributed by atoms with E-state index in [1.54, 1.807) is 0 Å². The van der Waals surface area contributed by atoms with E-state index in [4.69, 9.17) is 4.74 Å². The highest BCUT2D eigenvalue weighted by Crippen LogP contribution is 2.39. The molecule has 0 unspecified atom stereocenters. The van der Waals surface area contributed by atoms with E-state index in [1.165, 1.54) is 7.11 Å². The first kappa shape index (κ1) is 17.3. The Morgan fingerprint density at radius 3 is 2.60 bits per heavy atom. The first-order valence-electron chi connectivity index (χ1n) is 8.35. The van der Waals surface area contributed by atoms with E-state index in [0.29, 0.717) is 24.6 Å². The van der Waals surface area contributed by atoms with E-state index in [-0.39, 0.29) is 5.92 Å². The van der Waals surface area contributed by atoms with Crippen molar-refractivity contribution >= 4 is 17.7 Å². The topological polar surface area (TPSA) is 113 Å². The molecule has 0 amide bonds. The number of hydrogen-bond acceptors (Lipinski definition) is 6. The van der Waals surface area contributed by atoms with Gasteiger partial charge in [-0.15, -0.1) is 0 Å². The average Bonchev–Trinajstić information content (AvgIpc) is 2.99. The number of H-pyrrole nitrogens is 1. The summed E-state index contributed by atoms with van der Waals surface area (Å²) in [4.78, 5) is 20.5. The van der Waals surface area contributed by atoms with Gasteiger partial charge in [0.25, 0.3) is 0 Å². The Balaban J connectivity index is 1.76. The standard InChI is InChI=1S/C17H23N5O3/c1-10-8-13(12-4-6-17(25-3,7-5-12)15(23)24)19-16(18-10)20-14-9-11(2)21-22-14/h8-9,12H,4-7H2,1-3H3,(H,23,24)(H2,18,19,20,21,22). The fourth-order valence-electron chi connectivity index (χ4n) is 3.34. The highest BCUT2D eigenvalue weighted by Gasteiger charge is 2.42. The molecule has 0 aromatic carbocycles. The third-order valence-electron chi connectivity index (χ3n) is 4.81. The molecule has 0 atom stereocenters. The van der Waals surface area contributed by atoms with Gasteiger partial charge in [-0.3, -0.25) is 5.10 Å². The van der Waals surface area contributed by atoms with Crippen LogP contribution in [0.1, 0.15) is 48.7 Å². The van der Waals surface area contributed by atoms with Crippen molar-refractivity contribution in [1.29, 1.82) is 0 Å². The molecule has 8 nitrogen and oxygen atoms in total. The molecule has 25 heavy (non-hydrogen) atoms. The molecule has 2 aromatic rings. The van der Waals surface area contributed by atoms with Crippen molar-refractivity contribution in [3.8, 4) is 0 Å². The summed E-state index contributed by atoms with van der Waals surface area (Å²) in [5.74, 6) is 0.486. The van der Waals surface area contributed by atoms with Crippen molar-refractivity contribution in [3.05, 3.63) is 29.2 Å². The quantitative estimate of drug-likeness (QED) is 0.763. The van der Waals surface area contributed by atoms with Crippen LogP contribution in [-0.4, -0.2) is 44.0 Å². The number of nitrogens with zero attached hydrogens (tertiary/aromatic N) is 3. The summed E-state index contributed by atoms with van der Waals surface area (Å²) in [7, 11) is 1.47. The summed E-state index contributed by atoms with van der Waals surface area (Å²) >= 11 is 0. The molecule has 0 bridgehead atoms. The Bertz CT molecular complexity index is 765. The molecule has 1 fully saturated rings. The molecule has 1 aliphatic rings. The minimum atomic E-state index is -1.06. The number of nitrogens with one attached hydrogen (secondary N) is 2. The van der Waals surface area contributed by atoms with Gasteiger partial charge in [-0.25, -0.2) is 14.8 Å². The van der Waals surface area contributed by atoms with Crippen molar-refractivity contribution in [2.45, 2.75) is 51.0 Å². The second-order valence-electron chi connectivity index (χ2n) is 6.60. The first-order valence-corrected chi connectivity index (χ1v) is 8.35. The lowest BCUT2D eigenvalue weighted by Gasteiger charge is -2.35. The maximum Gasteiger partial charge on any atom is 0.335 e. The number of ether oxygens (including phenoxy) is 1. The van der Waals surface area contributed by atoms with Crippen LogP contribution in [0, 0.1) is 13.8 Å². The first-order chi connectivity index (χ1) is 11.9. The number of methoxy groups -OCH3 is 1. The monoisotopic (exact) mass is 345 g/mol. The molecule has 134 valence electrons. The summed E-state index contributed by atoms with van der Waals surface area (Å²) in [6.07, 6.45) is 2.40. The molecule has 0 radical (unpaired) electrons. The SMILES string of the molecule is COC1(C(=O)O)CCC(c2cc(C)nc(Nc3cc(C)[nH]n3)n2)CC1. The van der Waals surface area contributed by atoms with Crippen LogP contribution in [0.5, 0.6) is 0 Å². The molecular formula is C17H23N5O3. The van der Waals surface area contributed by atoms with E-state index in [9.17, 15) is 9.90 Å². The van der Waals surface area contributed by atoms with E-state index >= 15 is 0 Å². The molecule has 0 spiro atoms. The lowest BCUT2D eigenvalue weighted by molar-refractivity contribution is -0.166. The lowest BCUT2D eigenvalue weighted by atomic mass is 9.77. The van der Waals surface area contributed by atoms with Crippen molar-refractivity contribution in [3.63, 3.8) is 0 Å². The van der Waals surface area contributed by atoms with Crippen LogP contribution < -0.4 is 5.32 Å². The largest absolute Gasteiger partial charge is 0.479 e. The fourth-order valence-corrected chi connectivity index (χ4v) is 3.34. The smallest absolute Gasteiger partial charge is 0.335 e. The zero-order chi connectivity index (χ0) is 18.0. The van der Waals surface area contributed by atoms with E-state index < -0.39 is 11.6 Å². The second-order valence-corrected chi connectivity index (χ2v) is 6.60. The number of aromatic nitrogens is 4. The molecule has 3 rings (SSSR count). The number of hydrogen-bond donors (Lipinski definition) is 3. The average molecular weight is 345 g/mol. The van der Waals surface area contributed by atoms with Gasteiger partial charge >= 0.3 is 5.97 Å². The maximum atomic E-state index is 11.5. The highest BCUT2D eigenvalue weighted by atomic mass is 16.5. The van der Waals surface area contributed by atoms with Crippen molar-refractivity contribution in [2.24, 2.45) is 0 Å². The summed E-state index contributed by atoms with van der Waals surface area (Å²) in [5, 5.41) is 19.5. The van der Waals surface area contributed by atoms with Gasteiger partial charge in [-0.05, 0) is 45.6 Å². The summed E-state index contributed by atoms with van der Waals surface area (Å²) in [6.45, 7) is 3.85. The number of aromatic amines is 1. The van der Waals surface area contributed by atoms with Crippen molar-refractivity contribution < 1.29 is 14.6 Å². The van der Waals surface area contributed by atoms with Crippen molar-refractivity contribution in [1.82, 2.24) is 20.2 Å². The van der Waals surface area contributed by atoms with Gasteiger partial charge in [0, 0.05) is 36.2 Å². The zero-order valence-corrected chi connectivity index (χ0v) is 14.7. The van der Waals surface area contributed by atoms with Crippen LogP contribution >= 0.6 is 0 Å². The van der Waals surface area contributed by atoms with Crippen molar-refractivity contribution in [2.75, 3.05) is 12.4 Å². The Morgan fingerprint density at radius 2 is 2.04 bits per heavy atom. The lowest BCUT2D eigenvalue weighted by Crippen LogP contribution is -2.43. The number of rotatable bonds is 5. The molecule has 2 heterocycles. The minimum Gasteiger partial charge on any atom is -0.479 e. The normalized spacial score (nSPS) is 23.4.